The molecule has 4 aromatic rings. The first-order chi connectivity index (χ1) is 14.5. The molecule has 3 aromatic heterocycles. The van der Waals surface area contributed by atoms with Crippen LogP contribution in [-0.2, 0) is 11.2 Å². The van der Waals surface area contributed by atoms with Gasteiger partial charge in [-0.1, -0.05) is 19.0 Å². The topological polar surface area (TPSA) is 103 Å². The zero-order chi connectivity index (χ0) is 21.1. The van der Waals surface area contributed by atoms with Crippen LogP contribution in [0.15, 0.2) is 57.9 Å². The molecule has 154 valence electrons. The van der Waals surface area contributed by atoms with Crippen LogP contribution in [0.5, 0.6) is 5.75 Å². The van der Waals surface area contributed by atoms with Crippen LogP contribution >= 0.6 is 0 Å². The molecule has 1 atom stereocenters. The van der Waals surface area contributed by atoms with E-state index in [-0.39, 0.29) is 18.2 Å². The number of hydrogen-bond donors (Lipinski definition) is 1. The maximum absolute atomic E-state index is 12.8. The smallest absolute Gasteiger partial charge is 0.249 e. The maximum Gasteiger partial charge on any atom is 0.249 e. The van der Waals surface area contributed by atoms with Gasteiger partial charge < -0.3 is 19.0 Å². The van der Waals surface area contributed by atoms with E-state index in [0.29, 0.717) is 23.0 Å². The Labute approximate surface area is 173 Å². The Balaban J connectivity index is 1.50. The molecule has 0 fully saturated rings. The number of carbonyl (C=O) groups excluding carboxylic acids is 1. The number of hydrogen-bond acceptors (Lipinski definition) is 7. The second-order valence-electron chi connectivity index (χ2n) is 7.28. The fourth-order valence-corrected chi connectivity index (χ4v) is 3.22. The summed E-state index contributed by atoms with van der Waals surface area (Å²) in [5.41, 5.74) is 2.28. The second-order valence-corrected chi connectivity index (χ2v) is 7.28. The van der Waals surface area contributed by atoms with E-state index in [9.17, 15) is 4.79 Å². The van der Waals surface area contributed by atoms with Crippen molar-refractivity contribution in [3.05, 3.63) is 60.4 Å². The molecule has 1 amide bonds. The number of fused-ring (bicyclic) bond motifs is 1. The summed E-state index contributed by atoms with van der Waals surface area (Å²) in [5, 5.41) is 7.93. The standard InChI is InChI=1S/C22H22N4O4/c1-13(2)20(22-25-21(26-30-22)14-6-8-23-9-7-14)24-19(27)10-15-12-29-18-11-16(28-3)4-5-17(15)18/h4-9,11-13,20H,10H2,1-3H3,(H,24,27). The van der Waals surface area contributed by atoms with Crippen molar-refractivity contribution in [3.8, 4) is 17.1 Å². The molecular weight excluding hydrogens is 384 g/mol. The summed E-state index contributed by atoms with van der Waals surface area (Å²) in [5.74, 6) is 1.43. The Hall–Kier alpha value is -3.68. The number of pyridine rings is 1. The largest absolute Gasteiger partial charge is 0.497 e. The Morgan fingerprint density at radius 2 is 2.00 bits per heavy atom. The van der Waals surface area contributed by atoms with Gasteiger partial charge in [-0.3, -0.25) is 9.78 Å². The monoisotopic (exact) mass is 406 g/mol. The van der Waals surface area contributed by atoms with Crippen LogP contribution < -0.4 is 10.1 Å². The van der Waals surface area contributed by atoms with E-state index < -0.39 is 6.04 Å². The Morgan fingerprint density at radius 3 is 2.73 bits per heavy atom. The molecule has 4 rings (SSSR count). The van der Waals surface area contributed by atoms with Crippen LogP contribution in [0.4, 0.5) is 0 Å². The molecular formula is C22H22N4O4. The number of nitrogens with zero attached hydrogens (tertiary/aromatic N) is 3. The highest BCUT2D eigenvalue weighted by Crippen LogP contribution is 2.27. The lowest BCUT2D eigenvalue weighted by atomic mass is 10.0. The summed E-state index contributed by atoms with van der Waals surface area (Å²) < 4.78 is 16.2. The third-order valence-corrected chi connectivity index (χ3v) is 4.84. The first kappa shape index (κ1) is 19.6. The molecule has 0 aliphatic heterocycles. The zero-order valence-corrected chi connectivity index (χ0v) is 17.0. The minimum atomic E-state index is -0.404. The molecule has 30 heavy (non-hydrogen) atoms. The van der Waals surface area contributed by atoms with Crippen molar-refractivity contribution in [1.82, 2.24) is 20.4 Å². The van der Waals surface area contributed by atoms with Gasteiger partial charge in [-0.2, -0.15) is 4.98 Å². The summed E-state index contributed by atoms with van der Waals surface area (Å²) in [7, 11) is 1.60. The van der Waals surface area contributed by atoms with Gasteiger partial charge in [0.25, 0.3) is 0 Å². The number of benzene rings is 1. The molecule has 0 saturated heterocycles. The van der Waals surface area contributed by atoms with Gasteiger partial charge in [0.05, 0.1) is 19.8 Å². The summed E-state index contributed by atoms with van der Waals surface area (Å²) in [4.78, 5) is 21.2. The van der Waals surface area contributed by atoms with Gasteiger partial charge >= 0.3 is 0 Å². The normalized spacial score (nSPS) is 12.3. The summed E-state index contributed by atoms with van der Waals surface area (Å²) in [6, 6.07) is 8.73. The fraction of sp³-hybridized carbons (Fsp3) is 0.273. The predicted octanol–water partition coefficient (Wildman–Crippen LogP) is 3.94. The molecule has 0 aliphatic carbocycles. The van der Waals surface area contributed by atoms with Crippen molar-refractivity contribution < 1.29 is 18.5 Å². The van der Waals surface area contributed by atoms with Crippen molar-refractivity contribution in [2.24, 2.45) is 5.92 Å². The van der Waals surface area contributed by atoms with Crippen molar-refractivity contribution in [3.63, 3.8) is 0 Å². The van der Waals surface area contributed by atoms with E-state index >= 15 is 0 Å². The van der Waals surface area contributed by atoms with Gasteiger partial charge in [0.1, 0.15) is 17.4 Å². The van der Waals surface area contributed by atoms with Gasteiger partial charge in [-0.15, -0.1) is 0 Å². The highest BCUT2D eigenvalue weighted by Gasteiger charge is 2.25. The molecule has 0 radical (unpaired) electrons. The minimum absolute atomic E-state index is 0.0602. The maximum atomic E-state index is 12.8. The number of aromatic nitrogens is 3. The molecule has 1 unspecified atom stereocenters. The van der Waals surface area contributed by atoms with Gasteiger partial charge in [0.2, 0.25) is 17.6 Å². The molecule has 1 N–H and O–H groups in total. The third kappa shape index (κ3) is 4.03. The average Bonchev–Trinajstić information content (AvgIpc) is 3.39. The second kappa shape index (κ2) is 8.36. The Morgan fingerprint density at radius 1 is 1.20 bits per heavy atom. The number of rotatable bonds is 7. The first-order valence-electron chi connectivity index (χ1n) is 9.62. The van der Waals surface area contributed by atoms with Crippen molar-refractivity contribution in [2.75, 3.05) is 7.11 Å². The van der Waals surface area contributed by atoms with E-state index in [2.05, 4.69) is 20.4 Å². The number of amides is 1. The van der Waals surface area contributed by atoms with E-state index in [1.807, 2.05) is 26.0 Å². The van der Waals surface area contributed by atoms with Crippen LogP contribution in [-0.4, -0.2) is 28.1 Å². The van der Waals surface area contributed by atoms with Crippen LogP contribution in [0.25, 0.3) is 22.4 Å². The molecule has 8 nitrogen and oxygen atoms in total. The molecule has 8 heteroatoms. The van der Waals surface area contributed by atoms with E-state index in [1.54, 1.807) is 44.0 Å². The first-order valence-corrected chi connectivity index (χ1v) is 9.62. The molecule has 0 saturated carbocycles. The molecule has 0 spiro atoms. The van der Waals surface area contributed by atoms with Gasteiger partial charge in [-0.25, -0.2) is 0 Å². The molecule has 3 heterocycles. The molecule has 1 aromatic carbocycles. The van der Waals surface area contributed by atoms with Gasteiger partial charge in [0.15, 0.2) is 0 Å². The number of ether oxygens (including phenoxy) is 1. The molecule has 0 bridgehead atoms. The SMILES string of the molecule is COc1ccc2c(CC(=O)NC(c3nc(-c4ccncc4)no3)C(C)C)coc2c1. The highest BCUT2D eigenvalue weighted by molar-refractivity contribution is 5.88. The quantitative estimate of drug-likeness (QED) is 0.496. The third-order valence-electron chi connectivity index (χ3n) is 4.84. The van der Waals surface area contributed by atoms with E-state index in [0.717, 1.165) is 16.5 Å². The number of furan rings is 1. The van der Waals surface area contributed by atoms with Crippen molar-refractivity contribution in [2.45, 2.75) is 26.3 Å². The Bertz CT molecular complexity index is 1150. The van der Waals surface area contributed by atoms with Crippen molar-refractivity contribution >= 4 is 16.9 Å². The summed E-state index contributed by atoms with van der Waals surface area (Å²) >= 11 is 0. The summed E-state index contributed by atoms with van der Waals surface area (Å²) in [6.07, 6.45) is 5.10. The van der Waals surface area contributed by atoms with E-state index in [4.69, 9.17) is 13.7 Å². The van der Waals surface area contributed by atoms with E-state index in [1.165, 1.54) is 0 Å². The highest BCUT2D eigenvalue weighted by atomic mass is 16.5. The van der Waals surface area contributed by atoms with Crippen LogP contribution in [0.2, 0.25) is 0 Å². The molecule has 0 aliphatic rings. The number of nitrogens with one attached hydrogen (secondary N) is 1. The zero-order valence-electron chi connectivity index (χ0n) is 17.0. The number of carbonyl (C=O) groups is 1. The minimum Gasteiger partial charge on any atom is -0.497 e. The van der Waals surface area contributed by atoms with Gasteiger partial charge in [0, 0.05) is 35.0 Å². The lowest BCUT2D eigenvalue weighted by molar-refractivity contribution is -0.121. The summed E-state index contributed by atoms with van der Waals surface area (Å²) in [6.45, 7) is 3.97. The van der Waals surface area contributed by atoms with Crippen LogP contribution in [0.1, 0.15) is 31.3 Å². The predicted molar refractivity (Wildman–Crippen MR) is 110 cm³/mol. The van der Waals surface area contributed by atoms with Crippen LogP contribution in [0.3, 0.4) is 0 Å². The Kier molecular flexibility index (Phi) is 5.47. The average molecular weight is 406 g/mol. The van der Waals surface area contributed by atoms with Gasteiger partial charge in [-0.05, 0) is 30.2 Å². The number of methoxy groups -OCH3 is 1. The lowest BCUT2D eigenvalue weighted by Crippen LogP contribution is -2.33. The van der Waals surface area contributed by atoms with Crippen LogP contribution in [0, 0.1) is 5.92 Å². The lowest BCUT2D eigenvalue weighted by Gasteiger charge is -2.18. The fourth-order valence-electron chi connectivity index (χ4n) is 3.22. The van der Waals surface area contributed by atoms with Crippen molar-refractivity contribution in [1.29, 1.82) is 0 Å².